The van der Waals surface area contributed by atoms with E-state index in [0.29, 0.717) is 30.8 Å². The fourth-order valence-corrected chi connectivity index (χ4v) is 3.46. The highest BCUT2D eigenvalue weighted by Gasteiger charge is 2.27. The fourth-order valence-electron chi connectivity index (χ4n) is 3.46. The third-order valence-electron chi connectivity index (χ3n) is 4.87. The van der Waals surface area contributed by atoms with Gasteiger partial charge in [-0.15, -0.1) is 0 Å². The van der Waals surface area contributed by atoms with Gasteiger partial charge in [-0.3, -0.25) is 9.80 Å². The van der Waals surface area contributed by atoms with Crippen LogP contribution in [0, 0.1) is 5.82 Å². The molecule has 0 radical (unpaired) electrons. The molecule has 0 spiro atoms. The van der Waals surface area contributed by atoms with Crippen molar-refractivity contribution in [3.05, 3.63) is 65.5 Å². The van der Waals surface area contributed by atoms with Crippen LogP contribution < -0.4 is 0 Å². The fraction of sp³-hybridized carbons (Fsp3) is 0.400. The largest absolute Gasteiger partial charge is 0.508 e. The standard InChI is InChI=1S/C20H25FN2O2/c21-19-7-3-1-5-16(19)14-23-11-10-22(15-18(23)9-12-24)13-17-6-2-4-8-20(17)25/h1-8,18,24-25H,9-15H2/t18-/m1/s1. The van der Waals surface area contributed by atoms with Crippen LogP contribution in [0.25, 0.3) is 0 Å². The quantitative estimate of drug-likeness (QED) is 0.846. The van der Waals surface area contributed by atoms with E-state index in [9.17, 15) is 14.6 Å². The van der Waals surface area contributed by atoms with Crippen LogP contribution in [0.4, 0.5) is 4.39 Å². The average Bonchev–Trinajstić information content (AvgIpc) is 2.61. The lowest BCUT2D eigenvalue weighted by atomic mass is 10.1. The van der Waals surface area contributed by atoms with E-state index in [1.54, 1.807) is 12.1 Å². The number of halogens is 1. The number of benzene rings is 2. The predicted octanol–water partition coefficient (Wildman–Crippen LogP) is 2.60. The Balaban J connectivity index is 1.66. The highest BCUT2D eigenvalue weighted by atomic mass is 19.1. The van der Waals surface area contributed by atoms with Gasteiger partial charge in [-0.25, -0.2) is 4.39 Å². The predicted molar refractivity (Wildman–Crippen MR) is 95.7 cm³/mol. The van der Waals surface area contributed by atoms with Gasteiger partial charge >= 0.3 is 0 Å². The molecular formula is C20H25FN2O2. The third kappa shape index (κ3) is 4.57. The molecule has 0 unspecified atom stereocenters. The Morgan fingerprint density at radius 2 is 1.68 bits per heavy atom. The molecule has 0 amide bonds. The minimum atomic E-state index is -0.179. The molecule has 1 saturated heterocycles. The Kier molecular flexibility index (Phi) is 6.02. The molecular weight excluding hydrogens is 319 g/mol. The normalized spacial score (nSPS) is 19.2. The lowest BCUT2D eigenvalue weighted by Crippen LogP contribution is -2.52. The first kappa shape index (κ1) is 17.9. The molecule has 1 aliphatic heterocycles. The van der Waals surface area contributed by atoms with Crippen LogP contribution in [-0.2, 0) is 13.1 Å². The van der Waals surface area contributed by atoms with Gasteiger partial charge in [0.15, 0.2) is 0 Å². The summed E-state index contributed by atoms with van der Waals surface area (Å²) in [5, 5.41) is 19.4. The van der Waals surface area contributed by atoms with E-state index in [4.69, 9.17) is 0 Å². The highest BCUT2D eigenvalue weighted by molar-refractivity contribution is 5.31. The zero-order chi connectivity index (χ0) is 17.6. The zero-order valence-corrected chi connectivity index (χ0v) is 14.3. The maximum absolute atomic E-state index is 14.0. The van der Waals surface area contributed by atoms with Gasteiger partial charge in [-0.05, 0) is 18.6 Å². The highest BCUT2D eigenvalue weighted by Crippen LogP contribution is 2.22. The number of aliphatic hydroxyl groups excluding tert-OH is 1. The Morgan fingerprint density at radius 3 is 2.40 bits per heavy atom. The molecule has 1 aliphatic rings. The number of piperazine rings is 1. The molecule has 134 valence electrons. The Bertz CT molecular complexity index is 695. The maximum Gasteiger partial charge on any atom is 0.127 e. The van der Waals surface area contributed by atoms with Crippen molar-refractivity contribution < 1.29 is 14.6 Å². The lowest BCUT2D eigenvalue weighted by molar-refractivity contribution is 0.0489. The first-order chi connectivity index (χ1) is 12.2. The van der Waals surface area contributed by atoms with Crippen LogP contribution >= 0.6 is 0 Å². The second-order valence-corrected chi connectivity index (χ2v) is 6.59. The molecule has 0 bridgehead atoms. The summed E-state index contributed by atoms with van der Waals surface area (Å²) in [5.74, 6) is 0.136. The van der Waals surface area contributed by atoms with Crippen molar-refractivity contribution in [1.29, 1.82) is 0 Å². The minimum Gasteiger partial charge on any atom is -0.508 e. The van der Waals surface area contributed by atoms with E-state index in [0.717, 1.165) is 25.2 Å². The summed E-state index contributed by atoms with van der Waals surface area (Å²) in [6.07, 6.45) is 0.658. The van der Waals surface area contributed by atoms with Crippen molar-refractivity contribution >= 4 is 0 Å². The van der Waals surface area contributed by atoms with Crippen LogP contribution in [0.3, 0.4) is 0 Å². The van der Waals surface area contributed by atoms with Gasteiger partial charge in [-0.1, -0.05) is 36.4 Å². The number of hydrogen-bond donors (Lipinski definition) is 2. The van der Waals surface area contributed by atoms with Crippen LogP contribution in [0.5, 0.6) is 5.75 Å². The SMILES string of the molecule is OCC[C@@H]1CN(Cc2ccccc2O)CCN1Cc1ccccc1F. The second-order valence-electron chi connectivity index (χ2n) is 6.59. The van der Waals surface area contributed by atoms with Gasteiger partial charge in [0.05, 0.1) is 0 Å². The molecule has 25 heavy (non-hydrogen) atoms. The third-order valence-corrected chi connectivity index (χ3v) is 4.87. The first-order valence-electron chi connectivity index (χ1n) is 8.75. The van der Waals surface area contributed by atoms with Crippen molar-refractivity contribution in [2.75, 3.05) is 26.2 Å². The number of phenols is 1. The van der Waals surface area contributed by atoms with Crippen molar-refractivity contribution in [1.82, 2.24) is 9.80 Å². The monoisotopic (exact) mass is 344 g/mol. The molecule has 1 atom stereocenters. The van der Waals surface area contributed by atoms with Crippen molar-refractivity contribution in [2.24, 2.45) is 0 Å². The van der Waals surface area contributed by atoms with E-state index >= 15 is 0 Å². The van der Waals surface area contributed by atoms with Gasteiger partial charge in [0.2, 0.25) is 0 Å². The van der Waals surface area contributed by atoms with E-state index in [1.807, 2.05) is 30.3 Å². The molecule has 2 aromatic carbocycles. The molecule has 3 rings (SSSR count). The van der Waals surface area contributed by atoms with Crippen molar-refractivity contribution in [3.63, 3.8) is 0 Å². The Morgan fingerprint density at radius 1 is 0.960 bits per heavy atom. The summed E-state index contributed by atoms with van der Waals surface area (Å²) in [6, 6.07) is 14.4. The number of hydrogen-bond acceptors (Lipinski definition) is 4. The topological polar surface area (TPSA) is 46.9 Å². The number of aliphatic hydroxyl groups is 1. The molecule has 2 N–H and O–H groups in total. The summed E-state index contributed by atoms with van der Waals surface area (Å²) in [4.78, 5) is 4.53. The number of aromatic hydroxyl groups is 1. The Hall–Kier alpha value is -1.95. The van der Waals surface area contributed by atoms with E-state index in [-0.39, 0.29) is 18.5 Å². The molecule has 0 saturated carbocycles. The summed E-state index contributed by atoms with van der Waals surface area (Å²) in [6.45, 7) is 3.81. The minimum absolute atomic E-state index is 0.114. The molecule has 0 aromatic heterocycles. The van der Waals surface area contributed by atoms with E-state index in [2.05, 4.69) is 9.80 Å². The van der Waals surface area contributed by atoms with Crippen LogP contribution in [0.2, 0.25) is 0 Å². The molecule has 2 aromatic rings. The van der Waals surface area contributed by atoms with Crippen LogP contribution in [-0.4, -0.2) is 52.3 Å². The number of phenolic OH excluding ortho intramolecular Hbond substituents is 1. The maximum atomic E-state index is 14.0. The number of nitrogens with zero attached hydrogens (tertiary/aromatic N) is 2. The van der Waals surface area contributed by atoms with Crippen LogP contribution in [0.1, 0.15) is 17.5 Å². The molecule has 5 heteroatoms. The van der Waals surface area contributed by atoms with E-state index in [1.165, 1.54) is 6.07 Å². The smallest absolute Gasteiger partial charge is 0.127 e. The molecule has 1 heterocycles. The molecule has 4 nitrogen and oxygen atoms in total. The van der Waals surface area contributed by atoms with Crippen LogP contribution in [0.15, 0.2) is 48.5 Å². The second kappa shape index (κ2) is 8.43. The number of para-hydroxylation sites is 1. The van der Waals surface area contributed by atoms with Crippen molar-refractivity contribution in [2.45, 2.75) is 25.6 Å². The number of rotatable bonds is 6. The zero-order valence-electron chi connectivity index (χ0n) is 14.3. The lowest BCUT2D eigenvalue weighted by Gasteiger charge is -2.41. The van der Waals surface area contributed by atoms with Crippen molar-refractivity contribution in [3.8, 4) is 5.75 Å². The summed E-state index contributed by atoms with van der Waals surface area (Å²) in [7, 11) is 0. The Labute approximate surface area is 148 Å². The summed E-state index contributed by atoms with van der Waals surface area (Å²) >= 11 is 0. The van der Waals surface area contributed by atoms with Gasteiger partial charge < -0.3 is 10.2 Å². The van der Waals surface area contributed by atoms with Gasteiger partial charge in [-0.2, -0.15) is 0 Å². The molecule has 0 aliphatic carbocycles. The average molecular weight is 344 g/mol. The van der Waals surface area contributed by atoms with Gasteiger partial charge in [0.25, 0.3) is 0 Å². The van der Waals surface area contributed by atoms with Gasteiger partial charge in [0, 0.05) is 56.5 Å². The summed E-state index contributed by atoms with van der Waals surface area (Å²) in [5.41, 5.74) is 1.60. The first-order valence-corrected chi connectivity index (χ1v) is 8.75. The van der Waals surface area contributed by atoms with Gasteiger partial charge in [0.1, 0.15) is 11.6 Å². The summed E-state index contributed by atoms with van der Waals surface area (Å²) < 4.78 is 14.0. The van der Waals surface area contributed by atoms with E-state index < -0.39 is 0 Å². The molecule has 1 fully saturated rings.